The van der Waals surface area contributed by atoms with Gasteiger partial charge in [0.2, 0.25) is 5.95 Å². The van der Waals surface area contributed by atoms with E-state index in [0.29, 0.717) is 10.9 Å². The van der Waals surface area contributed by atoms with Crippen molar-refractivity contribution < 1.29 is 13.3 Å². The molecule has 144 valence electrons. The minimum atomic E-state index is -3.43. The van der Waals surface area contributed by atoms with E-state index in [1.807, 2.05) is 13.8 Å². The maximum Gasteiger partial charge on any atom is 0.247 e. The van der Waals surface area contributed by atoms with E-state index in [0.717, 1.165) is 11.3 Å². The van der Waals surface area contributed by atoms with Gasteiger partial charge in [0.05, 0.1) is 21.4 Å². The standard InChI is InChI=1S/C18H23N5O3S/c1-12-9-20-23(13(12)2)11-26-22-17-19-10-14-8-15(6-7-16(14)21-17)27(24,25)18(3,4)5/h6-10H,11H2,1-5H3,(H,19,21,22). The third kappa shape index (κ3) is 3.79. The summed E-state index contributed by atoms with van der Waals surface area (Å²) in [5.41, 5.74) is 5.41. The zero-order chi connectivity index (χ0) is 19.8. The van der Waals surface area contributed by atoms with Crippen LogP contribution in [0.2, 0.25) is 0 Å². The topological polar surface area (TPSA) is 99.0 Å². The van der Waals surface area contributed by atoms with Gasteiger partial charge in [0.15, 0.2) is 16.6 Å². The van der Waals surface area contributed by atoms with Crippen molar-refractivity contribution in [1.29, 1.82) is 0 Å². The van der Waals surface area contributed by atoms with Crippen LogP contribution in [0.4, 0.5) is 5.95 Å². The Labute approximate surface area is 158 Å². The molecule has 0 atom stereocenters. The van der Waals surface area contributed by atoms with Gasteiger partial charge in [-0.15, -0.1) is 0 Å². The fourth-order valence-corrected chi connectivity index (χ4v) is 3.65. The Morgan fingerprint density at radius 3 is 2.56 bits per heavy atom. The van der Waals surface area contributed by atoms with Crippen molar-refractivity contribution in [3.05, 3.63) is 41.9 Å². The highest BCUT2D eigenvalue weighted by Crippen LogP contribution is 2.27. The molecular weight excluding hydrogens is 366 g/mol. The van der Waals surface area contributed by atoms with Crippen molar-refractivity contribution in [2.24, 2.45) is 0 Å². The highest BCUT2D eigenvalue weighted by Gasteiger charge is 2.30. The van der Waals surface area contributed by atoms with E-state index in [-0.39, 0.29) is 17.6 Å². The van der Waals surface area contributed by atoms with Crippen molar-refractivity contribution in [3.63, 3.8) is 0 Å². The monoisotopic (exact) mass is 389 g/mol. The molecule has 3 aromatic rings. The first-order valence-corrected chi connectivity index (χ1v) is 9.96. The van der Waals surface area contributed by atoms with E-state index >= 15 is 0 Å². The second kappa shape index (κ2) is 6.90. The number of rotatable bonds is 5. The summed E-state index contributed by atoms with van der Waals surface area (Å²) in [6.45, 7) is 9.18. The Morgan fingerprint density at radius 1 is 1.19 bits per heavy atom. The van der Waals surface area contributed by atoms with Gasteiger partial charge >= 0.3 is 0 Å². The summed E-state index contributed by atoms with van der Waals surface area (Å²) in [5, 5.41) is 4.85. The molecule has 27 heavy (non-hydrogen) atoms. The lowest BCUT2D eigenvalue weighted by molar-refractivity contribution is 0.113. The molecule has 0 aliphatic rings. The van der Waals surface area contributed by atoms with E-state index < -0.39 is 14.6 Å². The summed E-state index contributed by atoms with van der Waals surface area (Å²) in [6.07, 6.45) is 3.34. The highest BCUT2D eigenvalue weighted by molar-refractivity contribution is 7.92. The first-order chi connectivity index (χ1) is 12.6. The van der Waals surface area contributed by atoms with Gasteiger partial charge in [-0.2, -0.15) is 5.10 Å². The Bertz CT molecular complexity index is 1080. The molecule has 0 radical (unpaired) electrons. The smallest absolute Gasteiger partial charge is 0.247 e. The molecule has 0 aliphatic carbocycles. The second-order valence-electron chi connectivity index (χ2n) is 7.32. The molecule has 1 aromatic carbocycles. The third-order valence-corrected chi connectivity index (χ3v) is 6.85. The molecule has 0 unspecified atom stereocenters. The minimum absolute atomic E-state index is 0.212. The molecule has 9 heteroatoms. The van der Waals surface area contributed by atoms with Gasteiger partial charge in [0, 0.05) is 17.3 Å². The molecule has 8 nitrogen and oxygen atoms in total. The summed E-state index contributed by atoms with van der Waals surface area (Å²) >= 11 is 0. The fraction of sp³-hybridized carbons (Fsp3) is 0.389. The number of fused-ring (bicyclic) bond motifs is 1. The Morgan fingerprint density at radius 2 is 1.93 bits per heavy atom. The number of aromatic nitrogens is 4. The molecule has 2 heterocycles. The van der Waals surface area contributed by atoms with E-state index in [9.17, 15) is 8.42 Å². The molecule has 0 fully saturated rings. The van der Waals surface area contributed by atoms with E-state index in [4.69, 9.17) is 4.84 Å². The molecule has 0 bridgehead atoms. The van der Waals surface area contributed by atoms with Crippen LogP contribution in [0, 0.1) is 13.8 Å². The lowest BCUT2D eigenvalue weighted by atomic mass is 10.2. The molecule has 2 aromatic heterocycles. The van der Waals surface area contributed by atoms with Gasteiger partial charge in [-0.1, -0.05) is 0 Å². The number of anilines is 1. The zero-order valence-corrected chi connectivity index (χ0v) is 16.8. The Hall–Kier alpha value is -2.52. The van der Waals surface area contributed by atoms with Crippen LogP contribution in [-0.4, -0.2) is 32.9 Å². The summed E-state index contributed by atoms with van der Waals surface area (Å²) in [6, 6.07) is 4.83. The third-order valence-electron chi connectivity index (χ3n) is 4.37. The first kappa shape index (κ1) is 19.2. The number of hydrogen-bond donors (Lipinski definition) is 1. The maximum absolute atomic E-state index is 12.6. The lowest BCUT2D eigenvalue weighted by Crippen LogP contribution is -2.27. The summed E-state index contributed by atoms with van der Waals surface area (Å²) in [7, 11) is -3.43. The largest absolute Gasteiger partial charge is 0.250 e. The Balaban J connectivity index is 1.76. The predicted octanol–water partition coefficient (Wildman–Crippen LogP) is 3.02. The van der Waals surface area contributed by atoms with Gasteiger partial charge in [-0.3, -0.25) is 0 Å². The van der Waals surface area contributed by atoms with Crippen molar-refractivity contribution in [3.8, 4) is 0 Å². The van der Waals surface area contributed by atoms with Crippen LogP contribution < -0.4 is 5.48 Å². The van der Waals surface area contributed by atoms with Gasteiger partial charge in [-0.25, -0.2) is 33.4 Å². The quantitative estimate of drug-likeness (QED) is 0.670. The number of sulfone groups is 1. The zero-order valence-electron chi connectivity index (χ0n) is 16.0. The number of aryl methyl sites for hydroxylation is 1. The molecule has 0 amide bonds. The molecule has 0 saturated carbocycles. The number of nitrogens with one attached hydrogen (secondary N) is 1. The summed E-state index contributed by atoms with van der Waals surface area (Å²) < 4.78 is 26.0. The summed E-state index contributed by atoms with van der Waals surface area (Å²) in [5.74, 6) is 0.287. The molecule has 1 N–H and O–H groups in total. The Kier molecular flexibility index (Phi) is 4.92. The SMILES string of the molecule is Cc1cnn(CONc2ncc3cc(S(=O)(=O)C(C)(C)C)ccc3n2)c1C. The normalized spacial score (nSPS) is 12.5. The second-order valence-corrected chi connectivity index (χ2v) is 10.0. The van der Waals surface area contributed by atoms with Crippen LogP contribution >= 0.6 is 0 Å². The highest BCUT2D eigenvalue weighted by atomic mass is 32.2. The molecule has 0 saturated heterocycles. The molecule has 3 rings (SSSR count). The van der Waals surface area contributed by atoms with Crippen LogP contribution in [0.3, 0.4) is 0 Å². The van der Waals surface area contributed by atoms with Crippen LogP contribution in [0.25, 0.3) is 10.9 Å². The minimum Gasteiger partial charge on any atom is -0.250 e. The van der Waals surface area contributed by atoms with Gasteiger partial charge < -0.3 is 0 Å². The molecule has 0 spiro atoms. The fourth-order valence-electron chi connectivity index (χ4n) is 2.41. The molecule has 0 aliphatic heterocycles. The molecular formula is C18H23N5O3S. The van der Waals surface area contributed by atoms with Gasteiger partial charge in [0.1, 0.15) is 0 Å². The van der Waals surface area contributed by atoms with Crippen LogP contribution in [0.15, 0.2) is 35.5 Å². The summed E-state index contributed by atoms with van der Waals surface area (Å²) in [4.78, 5) is 14.2. The van der Waals surface area contributed by atoms with Crippen LogP contribution in [-0.2, 0) is 21.4 Å². The van der Waals surface area contributed by atoms with Gasteiger partial charge in [-0.05, 0) is 58.4 Å². The van der Waals surface area contributed by atoms with Crippen molar-refractivity contribution in [2.75, 3.05) is 5.48 Å². The maximum atomic E-state index is 12.6. The van der Waals surface area contributed by atoms with Crippen molar-refractivity contribution in [1.82, 2.24) is 19.7 Å². The first-order valence-electron chi connectivity index (χ1n) is 8.48. The van der Waals surface area contributed by atoms with Crippen LogP contribution in [0.5, 0.6) is 0 Å². The average molecular weight is 389 g/mol. The number of nitrogens with zero attached hydrogens (tertiary/aromatic N) is 4. The van der Waals surface area contributed by atoms with Crippen molar-refractivity contribution >= 4 is 26.7 Å². The van der Waals surface area contributed by atoms with Gasteiger partial charge in [0.25, 0.3) is 0 Å². The van der Waals surface area contributed by atoms with Crippen LogP contribution in [0.1, 0.15) is 32.0 Å². The van der Waals surface area contributed by atoms with E-state index in [2.05, 4.69) is 20.5 Å². The predicted molar refractivity (Wildman–Crippen MR) is 103 cm³/mol. The van der Waals surface area contributed by atoms with E-state index in [1.165, 1.54) is 0 Å². The van der Waals surface area contributed by atoms with E-state index in [1.54, 1.807) is 56.0 Å². The lowest BCUT2D eigenvalue weighted by Gasteiger charge is -2.19. The number of benzene rings is 1. The average Bonchev–Trinajstić information content (AvgIpc) is 2.92. The van der Waals surface area contributed by atoms with Crippen molar-refractivity contribution in [2.45, 2.75) is 51.0 Å². The number of hydrogen-bond acceptors (Lipinski definition) is 7.